The van der Waals surface area contributed by atoms with Crippen LogP contribution >= 0.6 is 0 Å². The van der Waals surface area contributed by atoms with E-state index in [4.69, 9.17) is 0 Å². The summed E-state index contributed by atoms with van der Waals surface area (Å²) in [5.41, 5.74) is 2.18. The van der Waals surface area contributed by atoms with Crippen LogP contribution in [0.25, 0.3) is 0 Å². The molecule has 0 bridgehead atoms. The monoisotopic (exact) mass is 333 g/mol. The molecule has 0 radical (unpaired) electrons. The molecule has 2 aromatic carbocycles. The zero-order valence-electron chi connectivity index (χ0n) is 13.3. The summed E-state index contributed by atoms with van der Waals surface area (Å²) in [6.45, 7) is 2.17. The van der Waals surface area contributed by atoms with Gasteiger partial charge in [-0.2, -0.15) is 0 Å². The Morgan fingerprint density at radius 3 is 2.22 bits per heavy atom. The lowest BCUT2D eigenvalue weighted by Gasteiger charge is -2.15. The molecule has 23 heavy (non-hydrogen) atoms. The summed E-state index contributed by atoms with van der Waals surface area (Å²) in [4.78, 5) is 0.256. The van der Waals surface area contributed by atoms with Crippen LogP contribution < -0.4 is 4.72 Å². The molecular weight excluding hydrogens is 310 g/mol. The van der Waals surface area contributed by atoms with Crippen LogP contribution in [0, 0.1) is 5.92 Å². The first kappa shape index (κ1) is 17.7. The molecule has 2 N–H and O–H groups in total. The highest BCUT2D eigenvalue weighted by molar-refractivity contribution is 7.89. The molecule has 0 aromatic heterocycles. The molecule has 1 atom stereocenters. The number of nitrogens with one attached hydrogen (secondary N) is 1. The van der Waals surface area contributed by atoms with Crippen LogP contribution in [-0.4, -0.2) is 26.7 Å². The third-order valence-corrected chi connectivity index (χ3v) is 5.27. The first-order valence-corrected chi connectivity index (χ1v) is 9.27. The minimum atomic E-state index is -3.54. The van der Waals surface area contributed by atoms with Crippen molar-refractivity contribution in [2.75, 3.05) is 13.2 Å². The Labute approximate surface area is 138 Å². The van der Waals surface area contributed by atoms with Crippen LogP contribution in [-0.2, 0) is 22.9 Å². The van der Waals surface area contributed by atoms with Gasteiger partial charge in [0, 0.05) is 13.2 Å². The normalized spacial score (nSPS) is 13.0. The van der Waals surface area contributed by atoms with E-state index in [1.807, 2.05) is 49.4 Å². The summed E-state index contributed by atoms with van der Waals surface area (Å²) in [6, 6.07) is 16.6. The highest BCUT2D eigenvalue weighted by Gasteiger charge is 2.17. The fourth-order valence-electron chi connectivity index (χ4n) is 2.36. The van der Waals surface area contributed by atoms with E-state index in [-0.39, 0.29) is 24.0 Å². The Morgan fingerprint density at radius 2 is 1.65 bits per heavy atom. The first-order chi connectivity index (χ1) is 11.0. The molecule has 0 aliphatic heterocycles. The van der Waals surface area contributed by atoms with Crippen LogP contribution in [0.4, 0.5) is 0 Å². The zero-order chi connectivity index (χ0) is 16.7. The summed E-state index contributed by atoms with van der Waals surface area (Å²) in [5, 5.41) is 9.49. The quantitative estimate of drug-likeness (QED) is 0.779. The summed E-state index contributed by atoms with van der Waals surface area (Å²) in [7, 11) is -3.54. The molecule has 0 spiro atoms. The van der Waals surface area contributed by atoms with Gasteiger partial charge in [-0.1, -0.05) is 49.4 Å². The molecule has 0 heterocycles. The number of aliphatic hydroxyl groups is 1. The predicted molar refractivity (Wildman–Crippen MR) is 91.7 cm³/mol. The summed E-state index contributed by atoms with van der Waals surface area (Å²) in [6.07, 6.45) is 1.51. The fraction of sp³-hybridized carbons (Fsp3) is 0.333. The Morgan fingerprint density at radius 1 is 1.00 bits per heavy atom. The largest absolute Gasteiger partial charge is 0.396 e. The number of hydrogen-bond donors (Lipinski definition) is 2. The minimum absolute atomic E-state index is 0.0633. The zero-order valence-corrected chi connectivity index (χ0v) is 14.1. The van der Waals surface area contributed by atoms with Gasteiger partial charge in [-0.25, -0.2) is 13.1 Å². The third-order valence-electron chi connectivity index (χ3n) is 3.83. The van der Waals surface area contributed by atoms with Crippen LogP contribution in [0.2, 0.25) is 0 Å². The van der Waals surface area contributed by atoms with Crippen molar-refractivity contribution in [3.8, 4) is 0 Å². The maximum atomic E-state index is 12.3. The second kappa shape index (κ2) is 8.24. The maximum absolute atomic E-state index is 12.3. The fourth-order valence-corrected chi connectivity index (χ4v) is 3.48. The lowest BCUT2D eigenvalue weighted by atomic mass is 10.0. The van der Waals surface area contributed by atoms with Crippen LogP contribution in [0.3, 0.4) is 0 Å². The smallest absolute Gasteiger partial charge is 0.240 e. The Balaban J connectivity index is 1.98. The van der Waals surface area contributed by atoms with E-state index in [0.29, 0.717) is 6.42 Å². The molecule has 0 aliphatic carbocycles. The van der Waals surface area contributed by atoms with E-state index in [2.05, 4.69) is 4.72 Å². The molecule has 5 heteroatoms. The van der Waals surface area contributed by atoms with Gasteiger partial charge < -0.3 is 5.11 Å². The molecule has 2 aromatic rings. The van der Waals surface area contributed by atoms with Crippen molar-refractivity contribution < 1.29 is 13.5 Å². The topological polar surface area (TPSA) is 66.4 Å². The van der Waals surface area contributed by atoms with Gasteiger partial charge in [-0.15, -0.1) is 0 Å². The number of aliphatic hydroxyl groups excluding tert-OH is 1. The molecule has 0 fully saturated rings. The van der Waals surface area contributed by atoms with Gasteiger partial charge in [0.1, 0.15) is 0 Å². The average Bonchev–Trinajstić information content (AvgIpc) is 2.59. The summed E-state index contributed by atoms with van der Waals surface area (Å²) < 4.78 is 27.2. The predicted octanol–water partition coefficient (Wildman–Crippen LogP) is 2.38. The van der Waals surface area contributed by atoms with Gasteiger partial charge in [0.05, 0.1) is 4.90 Å². The summed E-state index contributed by atoms with van der Waals surface area (Å²) in [5.74, 6) is -0.151. The molecule has 0 saturated carbocycles. The number of aryl methyl sites for hydroxylation is 1. The average molecular weight is 333 g/mol. The van der Waals surface area contributed by atoms with Crippen molar-refractivity contribution in [2.45, 2.75) is 24.7 Å². The van der Waals surface area contributed by atoms with Crippen molar-refractivity contribution in [1.82, 2.24) is 4.72 Å². The number of sulfonamides is 1. The van der Waals surface area contributed by atoms with E-state index in [9.17, 15) is 13.5 Å². The van der Waals surface area contributed by atoms with Gasteiger partial charge in [-0.05, 0) is 42.0 Å². The second-order valence-electron chi connectivity index (χ2n) is 5.59. The van der Waals surface area contributed by atoms with Gasteiger partial charge in [0.25, 0.3) is 0 Å². The van der Waals surface area contributed by atoms with Crippen molar-refractivity contribution in [2.24, 2.45) is 5.92 Å². The molecular formula is C18H23NO3S. The molecule has 0 aliphatic rings. The number of hydrogen-bond acceptors (Lipinski definition) is 3. The van der Waals surface area contributed by atoms with E-state index >= 15 is 0 Å². The van der Waals surface area contributed by atoms with Crippen LogP contribution in [0.15, 0.2) is 59.5 Å². The van der Waals surface area contributed by atoms with Gasteiger partial charge in [-0.3, -0.25) is 0 Å². The van der Waals surface area contributed by atoms with Crippen molar-refractivity contribution in [3.05, 3.63) is 65.7 Å². The van der Waals surface area contributed by atoms with Gasteiger partial charge >= 0.3 is 0 Å². The molecule has 0 amide bonds. The van der Waals surface area contributed by atoms with E-state index in [1.165, 1.54) is 0 Å². The summed E-state index contributed by atoms with van der Waals surface area (Å²) >= 11 is 0. The van der Waals surface area contributed by atoms with Gasteiger partial charge in [0.15, 0.2) is 0 Å². The highest BCUT2D eigenvalue weighted by Crippen LogP contribution is 2.13. The minimum Gasteiger partial charge on any atom is -0.396 e. The Bertz CT molecular complexity index is 697. The second-order valence-corrected chi connectivity index (χ2v) is 7.35. The highest BCUT2D eigenvalue weighted by atomic mass is 32.2. The maximum Gasteiger partial charge on any atom is 0.240 e. The Kier molecular flexibility index (Phi) is 6.33. The number of benzene rings is 2. The molecule has 0 saturated heterocycles. The van der Waals surface area contributed by atoms with Crippen LogP contribution in [0.5, 0.6) is 0 Å². The van der Waals surface area contributed by atoms with Crippen molar-refractivity contribution in [3.63, 3.8) is 0 Å². The molecule has 2 rings (SSSR count). The van der Waals surface area contributed by atoms with Crippen molar-refractivity contribution >= 4 is 10.0 Å². The standard InChI is InChI=1S/C18H23NO3S/c1-2-15-8-10-18(11-9-15)23(21,22)19-13-17(14-20)12-16-6-4-3-5-7-16/h3-11,17,19-20H,2,12-14H2,1H3. The van der Waals surface area contributed by atoms with E-state index in [1.54, 1.807) is 12.1 Å². The molecule has 1 unspecified atom stereocenters. The lowest BCUT2D eigenvalue weighted by molar-refractivity contribution is 0.227. The third kappa shape index (κ3) is 5.16. The van der Waals surface area contributed by atoms with E-state index < -0.39 is 10.0 Å². The first-order valence-electron chi connectivity index (χ1n) is 7.78. The number of rotatable bonds is 8. The Hall–Kier alpha value is -1.69. The van der Waals surface area contributed by atoms with E-state index in [0.717, 1.165) is 17.5 Å². The van der Waals surface area contributed by atoms with Crippen molar-refractivity contribution in [1.29, 1.82) is 0 Å². The SMILES string of the molecule is CCc1ccc(S(=O)(=O)NCC(CO)Cc2ccccc2)cc1. The lowest BCUT2D eigenvalue weighted by Crippen LogP contribution is -2.31. The van der Waals surface area contributed by atoms with Gasteiger partial charge in [0.2, 0.25) is 10.0 Å². The molecule has 124 valence electrons. The van der Waals surface area contributed by atoms with Crippen LogP contribution in [0.1, 0.15) is 18.1 Å². The molecule has 4 nitrogen and oxygen atoms in total.